The van der Waals surface area contributed by atoms with E-state index in [4.69, 9.17) is 4.74 Å². The van der Waals surface area contributed by atoms with Crippen molar-refractivity contribution in [1.82, 2.24) is 5.32 Å². The number of ether oxygens (including phenoxy) is 1. The van der Waals surface area contributed by atoms with Crippen LogP contribution >= 0.6 is 0 Å². The summed E-state index contributed by atoms with van der Waals surface area (Å²) in [5, 5.41) is 23.1. The van der Waals surface area contributed by atoms with E-state index in [0.29, 0.717) is 19.4 Å². The van der Waals surface area contributed by atoms with Crippen molar-refractivity contribution >= 4 is 11.9 Å². The average Bonchev–Trinajstić information content (AvgIpc) is 3.39. The first-order valence-electron chi connectivity index (χ1n) is 32.8. The molecule has 0 bridgehead atoms. The summed E-state index contributed by atoms with van der Waals surface area (Å²) < 4.78 is 5.50. The van der Waals surface area contributed by atoms with Gasteiger partial charge in [0.05, 0.1) is 25.4 Å². The lowest BCUT2D eigenvalue weighted by Crippen LogP contribution is -2.45. The highest BCUT2D eigenvalue weighted by Crippen LogP contribution is 2.18. The lowest BCUT2D eigenvalue weighted by Gasteiger charge is -2.20. The van der Waals surface area contributed by atoms with Crippen LogP contribution in [-0.2, 0) is 14.3 Å². The molecular weight excluding hydrogens is 899 g/mol. The summed E-state index contributed by atoms with van der Waals surface area (Å²) >= 11 is 0. The third-order valence-electron chi connectivity index (χ3n) is 15.2. The normalized spacial score (nSPS) is 12.8. The standard InChI is InChI=1S/C67H127NO5/c1-3-5-7-9-11-13-15-17-19-20-29-33-37-41-45-49-53-57-61-67(72)73-62-58-54-50-46-42-38-34-30-27-25-23-21-22-24-26-28-32-36-40-44-48-52-56-60-66(71)68-64(63-69)65(70)59-55-51-47-43-39-35-31-18-16-14-12-10-8-6-4-2/h13,15,19-20,55,59,64-65,69-70H,3-12,14,16-18,21-54,56-58,60-63H2,1-2H3,(H,68,71)/b15-13-,20-19-,59-55+. The van der Waals surface area contributed by atoms with Crippen molar-refractivity contribution in [2.45, 2.75) is 366 Å². The Kier molecular flexibility index (Phi) is 61.0. The van der Waals surface area contributed by atoms with Gasteiger partial charge in [-0.1, -0.05) is 314 Å². The maximum atomic E-state index is 12.5. The molecule has 0 saturated carbocycles. The maximum Gasteiger partial charge on any atom is 0.305 e. The molecule has 6 nitrogen and oxygen atoms in total. The van der Waals surface area contributed by atoms with Gasteiger partial charge in [-0.3, -0.25) is 9.59 Å². The van der Waals surface area contributed by atoms with Crippen molar-refractivity contribution in [3.05, 3.63) is 36.5 Å². The summed E-state index contributed by atoms with van der Waals surface area (Å²) in [6.45, 7) is 4.90. The van der Waals surface area contributed by atoms with Crippen molar-refractivity contribution < 1.29 is 24.5 Å². The van der Waals surface area contributed by atoms with Crippen LogP contribution in [0.3, 0.4) is 0 Å². The molecule has 0 aromatic heterocycles. The molecule has 2 atom stereocenters. The second-order valence-electron chi connectivity index (χ2n) is 22.5. The van der Waals surface area contributed by atoms with E-state index in [1.54, 1.807) is 6.08 Å². The minimum Gasteiger partial charge on any atom is -0.466 e. The lowest BCUT2D eigenvalue weighted by atomic mass is 10.0. The molecule has 0 aromatic carbocycles. The topological polar surface area (TPSA) is 95.9 Å². The quantitative estimate of drug-likeness (QED) is 0.0320. The van der Waals surface area contributed by atoms with Crippen LogP contribution in [0.25, 0.3) is 0 Å². The predicted octanol–water partition coefficient (Wildman–Crippen LogP) is 20.8. The SMILES string of the molecule is CCCCCC/C=C\C/C=C\CCCCCCCCCC(=O)OCCCCCCCCCCCCCCCCCCCCCCCCCC(=O)NC(CO)C(O)/C=C/CCCCCCCCCCCCCCC. The molecule has 6 heteroatoms. The van der Waals surface area contributed by atoms with Crippen LogP contribution in [-0.4, -0.2) is 47.4 Å². The van der Waals surface area contributed by atoms with Gasteiger partial charge in [-0.2, -0.15) is 0 Å². The Balaban J connectivity index is 3.38. The van der Waals surface area contributed by atoms with Gasteiger partial charge in [-0.15, -0.1) is 0 Å². The molecule has 0 aliphatic carbocycles. The number of allylic oxidation sites excluding steroid dienone is 5. The molecule has 0 rings (SSSR count). The Hall–Kier alpha value is -1.92. The Morgan fingerprint density at radius 3 is 1.05 bits per heavy atom. The van der Waals surface area contributed by atoms with Crippen molar-refractivity contribution in [3.8, 4) is 0 Å². The number of nitrogens with one attached hydrogen (secondary N) is 1. The van der Waals surface area contributed by atoms with Gasteiger partial charge in [0.15, 0.2) is 0 Å². The van der Waals surface area contributed by atoms with E-state index in [0.717, 1.165) is 51.4 Å². The molecule has 2 unspecified atom stereocenters. The first-order valence-corrected chi connectivity index (χ1v) is 32.8. The molecule has 0 aliphatic rings. The number of rotatable bonds is 61. The fraction of sp³-hybridized carbons (Fsp3) is 0.881. The molecule has 0 heterocycles. The van der Waals surface area contributed by atoms with Gasteiger partial charge in [0.2, 0.25) is 5.91 Å². The van der Waals surface area contributed by atoms with Crippen LogP contribution in [0.4, 0.5) is 0 Å². The van der Waals surface area contributed by atoms with E-state index in [1.807, 2.05) is 6.08 Å². The van der Waals surface area contributed by atoms with E-state index in [-0.39, 0.29) is 18.5 Å². The summed E-state index contributed by atoms with van der Waals surface area (Å²) in [7, 11) is 0. The molecule has 3 N–H and O–H groups in total. The second kappa shape index (κ2) is 62.6. The molecule has 0 aromatic rings. The highest BCUT2D eigenvalue weighted by atomic mass is 16.5. The fourth-order valence-electron chi connectivity index (χ4n) is 10.1. The average molecular weight is 1030 g/mol. The molecule has 73 heavy (non-hydrogen) atoms. The molecular formula is C67H127NO5. The van der Waals surface area contributed by atoms with Crippen LogP contribution in [0.1, 0.15) is 354 Å². The zero-order chi connectivity index (χ0) is 52.9. The van der Waals surface area contributed by atoms with E-state index in [1.165, 1.54) is 276 Å². The highest BCUT2D eigenvalue weighted by molar-refractivity contribution is 5.76. The van der Waals surface area contributed by atoms with Crippen molar-refractivity contribution in [2.24, 2.45) is 0 Å². The van der Waals surface area contributed by atoms with Crippen LogP contribution in [0.2, 0.25) is 0 Å². The number of carbonyl (C=O) groups is 2. The molecule has 0 aliphatic heterocycles. The molecule has 0 radical (unpaired) electrons. The largest absolute Gasteiger partial charge is 0.466 e. The monoisotopic (exact) mass is 1030 g/mol. The highest BCUT2D eigenvalue weighted by Gasteiger charge is 2.18. The van der Waals surface area contributed by atoms with E-state index in [2.05, 4.69) is 43.5 Å². The zero-order valence-corrected chi connectivity index (χ0v) is 49.1. The molecule has 0 spiro atoms. The minimum absolute atomic E-state index is 0.00677. The first kappa shape index (κ1) is 71.1. The Morgan fingerprint density at radius 1 is 0.384 bits per heavy atom. The first-order chi connectivity index (χ1) is 36.0. The van der Waals surface area contributed by atoms with Gasteiger partial charge < -0.3 is 20.3 Å². The second-order valence-corrected chi connectivity index (χ2v) is 22.5. The van der Waals surface area contributed by atoms with E-state index < -0.39 is 12.1 Å². The van der Waals surface area contributed by atoms with Crippen LogP contribution < -0.4 is 5.32 Å². The summed E-state index contributed by atoms with van der Waals surface area (Å²) in [4.78, 5) is 24.6. The van der Waals surface area contributed by atoms with E-state index >= 15 is 0 Å². The number of aliphatic hydroxyl groups is 2. The molecule has 0 fully saturated rings. The Labute approximate surface area is 455 Å². The van der Waals surface area contributed by atoms with Gasteiger partial charge >= 0.3 is 5.97 Å². The maximum absolute atomic E-state index is 12.5. The van der Waals surface area contributed by atoms with Crippen molar-refractivity contribution in [3.63, 3.8) is 0 Å². The molecule has 1 amide bonds. The zero-order valence-electron chi connectivity index (χ0n) is 49.1. The molecule has 0 saturated heterocycles. The van der Waals surface area contributed by atoms with Gasteiger partial charge in [0.1, 0.15) is 0 Å². The van der Waals surface area contributed by atoms with Gasteiger partial charge in [0.25, 0.3) is 0 Å². The Bertz CT molecular complexity index is 1180. The fourth-order valence-corrected chi connectivity index (χ4v) is 10.1. The third kappa shape index (κ3) is 59.2. The summed E-state index contributed by atoms with van der Waals surface area (Å²) in [6.07, 6.45) is 79.1. The summed E-state index contributed by atoms with van der Waals surface area (Å²) in [6, 6.07) is -0.628. The van der Waals surface area contributed by atoms with Gasteiger partial charge in [-0.05, 0) is 64.2 Å². The number of carbonyl (C=O) groups excluding carboxylic acids is 2. The smallest absolute Gasteiger partial charge is 0.305 e. The minimum atomic E-state index is -0.844. The van der Waals surface area contributed by atoms with Crippen molar-refractivity contribution in [1.29, 1.82) is 0 Å². The van der Waals surface area contributed by atoms with Crippen LogP contribution in [0.5, 0.6) is 0 Å². The van der Waals surface area contributed by atoms with Crippen LogP contribution in [0.15, 0.2) is 36.5 Å². The van der Waals surface area contributed by atoms with Crippen LogP contribution in [0, 0.1) is 0 Å². The number of amides is 1. The number of esters is 1. The summed E-state index contributed by atoms with van der Waals surface area (Å²) in [5.74, 6) is -0.0592. The predicted molar refractivity (Wildman–Crippen MR) is 319 cm³/mol. The number of hydrogen-bond acceptors (Lipinski definition) is 5. The van der Waals surface area contributed by atoms with Gasteiger partial charge in [0, 0.05) is 12.8 Å². The van der Waals surface area contributed by atoms with E-state index in [9.17, 15) is 19.8 Å². The van der Waals surface area contributed by atoms with Gasteiger partial charge in [-0.25, -0.2) is 0 Å². The third-order valence-corrected chi connectivity index (χ3v) is 15.2. The summed E-state index contributed by atoms with van der Waals surface area (Å²) in [5.41, 5.74) is 0. The van der Waals surface area contributed by atoms with Crippen molar-refractivity contribution in [2.75, 3.05) is 13.2 Å². The molecule has 430 valence electrons. The number of aliphatic hydroxyl groups excluding tert-OH is 2. The number of hydrogen-bond donors (Lipinski definition) is 3. The lowest BCUT2D eigenvalue weighted by molar-refractivity contribution is -0.143. The Morgan fingerprint density at radius 2 is 0.685 bits per heavy atom. The number of unbranched alkanes of at least 4 members (excludes halogenated alkanes) is 46.